The van der Waals surface area contributed by atoms with Gasteiger partial charge >= 0.3 is 0 Å². The second-order valence-corrected chi connectivity index (χ2v) is 7.10. The van der Waals surface area contributed by atoms with Gasteiger partial charge in [0.15, 0.2) is 0 Å². The number of nitrogens with one attached hydrogen (secondary N) is 1. The molecule has 8 nitrogen and oxygen atoms in total. The topological polar surface area (TPSA) is 97.9 Å². The minimum atomic E-state index is -0.417. The van der Waals surface area contributed by atoms with Crippen LogP contribution in [-0.2, 0) is 0 Å². The van der Waals surface area contributed by atoms with Crippen LogP contribution in [-0.4, -0.2) is 63.8 Å². The number of aliphatic imine (C=N–C) groups is 1. The van der Waals surface area contributed by atoms with E-state index >= 15 is 0 Å². The number of aromatic nitrogens is 2. The molecule has 0 aliphatic rings. The third-order valence-electron chi connectivity index (χ3n) is 5.01. The van der Waals surface area contributed by atoms with Crippen molar-refractivity contribution in [3.63, 3.8) is 0 Å². The molecule has 0 unspecified atom stereocenters. The second kappa shape index (κ2) is 11.8. The summed E-state index contributed by atoms with van der Waals surface area (Å²) in [6.07, 6.45) is 4.77. The molecule has 0 amide bonds. The van der Waals surface area contributed by atoms with E-state index in [1.54, 1.807) is 33.7 Å². The molecule has 0 bridgehead atoms. The monoisotopic (exact) mass is 452 g/mol. The lowest BCUT2D eigenvalue weighted by atomic mass is 10.1. The van der Waals surface area contributed by atoms with E-state index in [0.717, 1.165) is 16.9 Å². The van der Waals surface area contributed by atoms with Gasteiger partial charge in [-0.1, -0.05) is 0 Å². The Labute approximate surface area is 193 Å². The van der Waals surface area contributed by atoms with Crippen LogP contribution < -0.4 is 25.4 Å². The van der Waals surface area contributed by atoms with Crippen LogP contribution >= 0.6 is 0 Å². The first-order valence-electron chi connectivity index (χ1n) is 10.5. The van der Waals surface area contributed by atoms with E-state index in [1.807, 2.05) is 36.4 Å². The highest BCUT2D eigenvalue weighted by Crippen LogP contribution is 2.33. The number of allylic oxidation sites excluding steroid dienone is 1. The van der Waals surface area contributed by atoms with Crippen molar-refractivity contribution in [2.24, 2.45) is 10.7 Å². The summed E-state index contributed by atoms with van der Waals surface area (Å²) in [6, 6.07) is 11.5. The van der Waals surface area contributed by atoms with E-state index in [1.165, 1.54) is 6.20 Å². The van der Waals surface area contributed by atoms with Gasteiger partial charge < -0.3 is 25.4 Å². The van der Waals surface area contributed by atoms with Crippen LogP contribution in [0.1, 0.15) is 5.69 Å². The molecule has 3 rings (SSSR count). The summed E-state index contributed by atoms with van der Waals surface area (Å²) in [5.41, 5.74) is 10.3. The summed E-state index contributed by atoms with van der Waals surface area (Å²) in [4.78, 5) is 15.4. The van der Waals surface area contributed by atoms with Crippen LogP contribution in [0.2, 0.25) is 0 Å². The van der Waals surface area contributed by atoms with Crippen molar-refractivity contribution in [3.8, 4) is 11.5 Å². The first-order valence-corrected chi connectivity index (χ1v) is 10.5. The van der Waals surface area contributed by atoms with Crippen molar-refractivity contribution >= 4 is 34.2 Å². The Hall–Kier alpha value is -3.72. The van der Waals surface area contributed by atoms with Gasteiger partial charge in [-0.05, 0) is 18.2 Å². The summed E-state index contributed by atoms with van der Waals surface area (Å²) in [6.45, 7) is 1.06. The second-order valence-electron chi connectivity index (χ2n) is 7.10. The summed E-state index contributed by atoms with van der Waals surface area (Å²) in [7, 11) is 4.90. The lowest BCUT2D eigenvalue weighted by Crippen LogP contribution is -2.30. The van der Waals surface area contributed by atoms with Crippen LogP contribution in [0.25, 0.3) is 16.6 Å². The maximum Gasteiger partial charge on any atom is 0.124 e. The van der Waals surface area contributed by atoms with Crippen LogP contribution in [0.5, 0.6) is 11.5 Å². The largest absolute Gasteiger partial charge is 0.497 e. The van der Waals surface area contributed by atoms with Gasteiger partial charge in [-0.25, -0.2) is 9.37 Å². The zero-order valence-electron chi connectivity index (χ0n) is 19.1. The van der Waals surface area contributed by atoms with Gasteiger partial charge in [-0.15, -0.1) is 0 Å². The number of fused-ring (bicyclic) bond motifs is 1. The van der Waals surface area contributed by atoms with E-state index in [9.17, 15) is 4.39 Å². The maximum atomic E-state index is 12.6. The standard InChI is InChI=1S/C24H29FN6O2/c1-27-15-17(14-26)24-16-29-22-5-4-18(12-23(22)30-24)31(9-8-28-7-6-25)19-10-20(32-2)13-21(11-19)33-3/h4-5,10-16,28H,6-9,26H2,1-3H3. The molecule has 3 aromatic rings. The average Bonchev–Trinajstić information content (AvgIpc) is 2.86. The molecule has 174 valence electrons. The molecule has 0 aliphatic heterocycles. The molecular weight excluding hydrogens is 423 g/mol. The van der Waals surface area contributed by atoms with Crippen molar-refractivity contribution in [1.82, 2.24) is 15.3 Å². The Bertz CT molecular complexity index is 1110. The van der Waals surface area contributed by atoms with Gasteiger partial charge in [0.25, 0.3) is 0 Å². The molecule has 0 aliphatic carbocycles. The van der Waals surface area contributed by atoms with E-state index in [-0.39, 0.29) is 0 Å². The number of methoxy groups -OCH3 is 2. The fourth-order valence-corrected chi connectivity index (χ4v) is 3.38. The number of alkyl halides is 1. The van der Waals surface area contributed by atoms with Crippen molar-refractivity contribution in [3.05, 3.63) is 54.5 Å². The van der Waals surface area contributed by atoms with E-state index in [2.05, 4.69) is 20.2 Å². The smallest absolute Gasteiger partial charge is 0.124 e. The predicted molar refractivity (Wildman–Crippen MR) is 132 cm³/mol. The zero-order chi connectivity index (χ0) is 23.6. The number of benzene rings is 2. The number of hydrogen-bond donors (Lipinski definition) is 2. The molecule has 33 heavy (non-hydrogen) atoms. The molecule has 0 saturated carbocycles. The fourth-order valence-electron chi connectivity index (χ4n) is 3.38. The van der Waals surface area contributed by atoms with E-state index < -0.39 is 6.67 Å². The minimum absolute atomic E-state index is 0.301. The molecular formula is C24H29FN6O2. The number of halogens is 1. The van der Waals surface area contributed by atoms with Crippen LogP contribution in [0, 0.1) is 0 Å². The molecule has 0 spiro atoms. The number of anilines is 2. The molecule has 0 atom stereocenters. The van der Waals surface area contributed by atoms with Gasteiger partial charge in [0.05, 0.1) is 37.1 Å². The number of nitrogens with two attached hydrogens (primary N) is 1. The molecule has 0 fully saturated rings. The lowest BCUT2D eigenvalue weighted by molar-refractivity contribution is 0.394. The quantitative estimate of drug-likeness (QED) is 0.340. The van der Waals surface area contributed by atoms with Gasteiger partial charge in [0.2, 0.25) is 0 Å². The third-order valence-corrected chi connectivity index (χ3v) is 5.01. The molecule has 2 aromatic carbocycles. The van der Waals surface area contributed by atoms with Gasteiger partial charge in [-0.3, -0.25) is 9.98 Å². The Morgan fingerprint density at radius 1 is 1.09 bits per heavy atom. The van der Waals surface area contributed by atoms with Crippen LogP contribution in [0.4, 0.5) is 15.8 Å². The SMILES string of the molecule is CN=CC(=CN)c1cnc2ccc(N(CCNCCF)c3cc(OC)cc(OC)c3)cc2n1. The molecule has 0 saturated heterocycles. The Morgan fingerprint density at radius 2 is 1.85 bits per heavy atom. The summed E-state index contributed by atoms with van der Waals surface area (Å²) < 4.78 is 23.5. The van der Waals surface area contributed by atoms with Crippen LogP contribution in [0.3, 0.4) is 0 Å². The zero-order valence-corrected chi connectivity index (χ0v) is 19.1. The van der Waals surface area contributed by atoms with Crippen molar-refractivity contribution in [1.29, 1.82) is 0 Å². The highest BCUT2D eigenvalue weighted by atomic mass is 19.1. The summed E-state index contributed by atoms with van der Waals surface area (Å²) >= 11 is 0. The first kappa shape index (κ1) is 23.9. The number of nitrogens with zero attached hydrogens (tertiary/aromatic N) is 4. The fraction of sp³-hybridized carbons (Fsp3) is 0.292. The van der Waals surface area contributed by atoms with Gasteiger partial charge in [0, 0.05) is 74.2 Å². The average molecular weight is 453 g/mol. The summed E-state index contributed by atoms with van der Waals surface area (Å²) in [5.74, 6) is 1.34. The summed E-state index contributed by atoms with van der Waals surface area (Å²) in [5, 5.41) is 3.10. The maximum absolute atomic E-state index is 12.6. The normalized spacial score (nSPS) is 11.8. The number of hydrogen-bond acceptors (Lipinski definition) is 8. The van der Waals surface area contributed by atoms with Crippen molar-refractivity contribution in [2.45, 2.75) is 0 Å². The highest BCUT2D eigenvalue weighted by Gasteiger charge is 2.14. The number of ether oxygens (including phenoxy) is 2. The Balaban J connectivity index is 2.06. The molecule has 3 N–H and O–H groups in total. The first-order chi connectivity index (χ1) is 16.1. The number of rotatable bonds is 11. The minimum Gasteiger partial charge on any atom is -0.497 e. The lowest BCUT2D eigenvalue weighted by Gasteiger charge is -2.26. The van der Waals surface area contributed by atoms with E-state index in [4.69, 9.17) is 20.2 Å². The molecule has 1 heterocycles. The van der Waals surface area contributed by atoms with Gasteiger partial charge in [-0.2, -0.15) is 0 Å². The Morgan fingerprint density at radius 3 is 2.48 bits per heavy atom. The Kier molecular flexibility index (Phi) is 8.54. The predicted octanol–water partition coefficient (Wildman–Crippen LogP) is 3.34. The molecule has 9 heteroatoms. The van der Waals surface area contributed by atoms with Crippen LogP contribution in [0.15, 0.2) is 53.8 Å². The van der Waals surface area contributed by atoms with Crippen molar-refractivity contribution in [2.75, 3.05) is 52.5 Å². The highest BCUT2D eigenvalue weighted by molar-refractivity contribution is 6.09. The van der Waals surface area contributed by atoms with E-state index in [0.29, 0.717) is 47.9 Å². The third kappa shape index (κ3) is 5.95. The van der Waals surface area contributed by atoms with Crippen molar-refractivity contribution < 1.29 is 13.9 Å². The van der Waals surface area contributed by atoms with Gasteiger partial charge in [0.1, 0.15) is 18.2 Å². The molecule has 0 radical (unpaired) electrons. The molecule has 1 aromatic heterocycles.